The fourth-order valence-corrected chi connectivity index (χ4v) is 3.63. The van der Waals surface area contributed by atoms with Crippen LogP contribution in [0.4, 0.5) is 0 Å². The minimum Gasteiger partial charge on any atom is -0.493 e. The van der Waals surface area contributed by atoms with Gasteiger partial charge in [-0.3, -0.25) is 9.69 Å². The van der Waals surface area contributed by atoms with Crippen LogP contribution in [0.15, 0.2) is 54.6 Å². The molecule has 5 heteroatoms. The number of nitrogens with zero attached hydrogens (tertiary/aromatic N) is 2. The number of carbonyl (C=O) groups is 1. The molecule has 0 aromatic heterocycles. The van der Waals surface area contributed by atoms with Gasteiger partial charge in [0.1, 0.15) is 0 Å². The van der Waals surface area contributed by atoms with Gasteiger partial charge >= 0.3 is 0 Å². The van der Waals surface area contributed by atoms with Crippen molar-refractivity contribution in [3.63, 3.8) is 0 Å². The summed E-state index contributed by atoms with van der Waals surface area (Å²) in [5, 5.41) is 0. The van der Waals surface area contributed by atoms with Gasteiger partial charge in [0.05, 0.1) is 14.2 Å². The molecule has 1 heterocycles. The van der Waals surface area contributed by atoms with Crippen molar-refractivity contribution in [3.05, 3.63) is 65.7 Å². The number of para-hydroxylation sites is 1. The highest BCUT2D eigenvalue weighted by molar-refractivity contribution is 5.76. The minimum atomic E-state index is 0.203. The second-order valence-electron chi connectivity index (χ2n) is 7.15. The van der Waals surface area contributed by atoms with E-state index in [2.05, 4.69) is 29.2 Å². The number of hydrogen-bond acceptors (Lipinski definition) is 4. The normalized spacial score (nSPS) is 14.9. The monoisotopic (exact) mass is 394 g/mol. The Hall–Kier alpha value is -2.79. The highest BCUT2D eigenvalue weighted by Crippen LogP contribution is 2.31. The molecule has 1 aliphatic heterocycles. The van der Waals surface area contributed by atoms with Gasteiger partial charge in [-0.25, -0.2) is 0 Å². The van der Waals surface area contributed by atoms with Crippen molar-refractivity contribution in [2.24, 2.45) is 0 Å². The van der Waals surface area contributed by atoms with Crippen LogP contribution in [-0.4, -0.2) is 62.7 Å². The third-order valence-corrected chi connectivity index (χ3v) is 5.29. The summed E-state index contributed by atoms with van der Waals surface area (Å²) in [5.41, 5.74) is 2.22. The molecule has 0 spiro atoms. The van der Waals surface area contributed by atoms with Crippen LogP contribution < -0.4 is 9.47 Å². The first-order valence-corrected chi connectivity index (χ1v) is 10.1. The molecule has 0 radical (unpaired) electrons. The zero-order valence-electron chi connectivity index (χ0n) is 17.3. The van der Waals surface area contributed by atoms with Gasteiger partial charge in [-0.2, -0.15) is 0 Å². The van der Waals surface area contributed by atoms with Crippen LogP contribution in [0.3, 0.4) is 0 Å². The number of hydrogen-bond donors (Lipinski definition) is 0. The Bertz CT molecular complexity index is 812. The molecule has 3 rings (SSSR count). The van der Waals surface area contributed by atoms with Gasteiger partial charge in [0.2, 0.25) is 5.91 Å². The van der Waals surface area contributed by atoms with Crippen LogP contribution in [0.25, 0.3) is 6.08 Å². The number of carbonyl (C=O) groups excluding carboxylic acids is 1. The topological polar surface area (TPSA) is 42.0 Å². The molecule has 1 saturated heterocycles. The molecule has 2 aromatic rings. The summed E-state index contributed by atoms with van der Waals surface area (Å²) in [5.74, 6) is 1.63. The van der Waals surface area contributed by atoms with E-state index in [4.69, 9.17) is 9.47 Å². The molecule has 29 heavy (non-hydrogen) atoms. The number of benzene rings is 2. The molecule has 0 saturated carbocycles. The predicted octanol–water partition coefficient (Wildman–Crippen LogP) is 3.49. The van der Waals surface area contributed by atoms with Crippen LogP contribution in [0, 0.1) is 0 Å². The van der Waals surface area contributed by atoms with E-state index in [0.29, 0.717) is 18.6 Å². The smallest absolute Gasteiger partial charge is 0.222 e. The number of amides is 1. The molecule has 1 aliphatic rings. The average Bonchev–Trinajstić information content (AvgIpc) is 2.78. The molecule has 0 N–H and O–H groups in total. The van der Waals surface area contributed by atoms with Crippen LogP contribution >= 0.6 is 0 Å². The Morgan fingerprint density at radius 3 is 2.41 bits per heavy atom. The number of rotatable bonds is 8. The standard InChI is InChI=1S/C24H30N2O3/c1-28-22-12-6-11-21(24(22)29-2)13-14-23(27)26-18-16-25(17-19-26)15-7-10-20-8-4-3-5-9-20/h3-12H,13-19H2,1-2H3. The number of ether oxygens (including phenoxy) is 2. The van der Waals surface area contributed by atoms with Crippen LogP contribution in [0.2, 0.25) is 0 Å². The van der Waals surface area contributed by atoms with Gasteiger partial charge in [0, 0.05) is 39.1 Å². The second kappa shape index (κ2) is 10.7. The second-order valence-corrected chi connectivity index (χ2v) is 7.15. The lowest BCUT2D eigenvalue weighted by Crippen LogP contribution is -2.48. The fourth-order valence-electron chi connectivity index (χ4n) is 3.63. The largest absolute Gasteiger partial charge is 0.493 e. The van der Waals surface area contributed by atoms with Crippen molar-refractivity contribution in [2.75, 3.05) is 46.9 Å². The molecule has 0 bridgehead atoms. The summed E-state index contributed by atoms with van der Waals surface area (Å²) in [4.78, 5) is 17.0. The van der Waals surface area contributed by atoms with Crippen LogP contribution in [0.5, 0.6) is 11.5 Å². The first kappa shape index (κ1) is 20.9. The summed E-state index contributed by atoms with van der Waals surface area (Å²) >= 11 is 0. The zero-order valence-corrected chi connectivity index (χ0v) is 17.3. The average molecular weight is 395 g/mol. The Morgan fingerprint density at radius 2 is 1.72 bits per heavy atom. The van der Waals surface area contributed by atoms with E-state index >= 15 is 0 Å². The Kier molecular flexibility index (Phi) is 7.70. The maximum atomic E-state index is 12.7. The number of piperazine rings is 1. The van der Waals surface area contributed by atoms with E-state index in [0.717, 1.165) is 44.0 Å². The molecular weight excluding hydrogens is 364 g/mol. The molecular formula is C24H30N2O3. The van der Waals surface area contributed by atoms with Crippen molar-refractivity contribution in [2.45, 2.75) is 12.8 Å². The van der Waals surface area contributed by atoms with Crippen molar-refractivity contribution in [1.82, 2.24) is 9.80 Å². The lowest BCUT2D eigenvalue weighted by Gasteiger charge is -2.34. The van der Waals surface area contributed by atoms with Crippen molar-refractivity contribution in [1.29, 1.82) is 0 Å². The summed E-state index contributed by atoms with van der Waals surface area (Å²) in [7, 11) is 3.26. The summed E-state index contributed by atoms with van der Waals surface area (Å²) in [6.07, 6.45) is 5.48. The molecule has 5 nitrogen and oxygen atoms in total. The summed E-state index contributed by atoms with van der Waals surface area (Å²) in [6.45, 7) is 4.30. The first-order chi connectivity index (χ1) is 14.2. The highest BCUT2D eigenvalue weighted by Gasteiger charge is 2.21. The van der Waals surface area contributed by atoms with Gasteiger partial charge in [-0.15, -0.1) is 0 Å². The SMILES string of the molecule is COc1cccc(CCC(=O)N2CCN(CC=Cc3ccccc3)CC2)c1OC. The molecule has 1 fully saturated rings. The summed E-state index contributed by atoms with van der Waals surface area (Å²) < 4.78 is 10.8. The quantitative estimate of drug-likeness (QED) is 0.687. The van der Waals surface area contributed by atoms with E-state index in [9.17, 15) is 4.79 Å². The lowest BCUT2D eigenvalue weighted by atomic mass is 10.1. The maximum absolute atomic E-state index is 12.7. The maximum Gasteiger partial charge on any atom is 0.222 e. The highest BCUT2D eigenvalue weighted by atomic mass is 16.5. The van der Waals surface area contributed by atoms with E-state index < -0.39 is 0 Å². The van der Waals surface area contributed by atoms with Crippen molar-refractivity contribution >= 4 is 12.0 Å². The van der Waals surface area contributed by atoms with Gasteiger partial charge in [0.25, 0.3) is 0 Å². The number of methoxy groups -OCH3 is 2. The van der Waals surface area contributed by atoms with Crippen molar-refractivity contribution in [3.8, 4) is 11.5 Å². The lowest BCUT2D eigenvalue weighted by molar-refractivity contribution is -0.132. The first-order valence-electron chi connectivity index (χ1n) is 10.1. The fraction of sp³-hybridized carbons (Fsp3) is 0.375. The molecule has 0 atom stereocenters. The Morgan fingerprint density at radius 1 is 0.966 bits per heavy atom. The van der Waals surface area contributed by atoms with Gasteiger partial charge in [-0.1, -0.05) is 54.6 Å². The molecule has 1 amide bonds. The van der Waals surface area contributed by atoms with E-state index in [1.807, 2.05) is 41.3 Å². The van der Waals surface area contributed by atoms with Crippen LogP contribution in [0.1, 0.15) is 17.5 Å². The van der Waals surface area contributed by atoms with Crippen molar-refractivity contribution < 1.29 is 14.3 Å². The third-order valence-electron chi connectivity index (χ3n) is 5.29. The number of aryl methyl sites for hydroxylation is 1. The van der Waals surface area contributed by atoms with E-state index in [1.54, 1.807) is 14.2 Å². The molecule has 0 aliphatic carbocycles. The summed E-state index contributed by atoms with van der Waals surface area (Å²) in [6, 6.07) is 16.1. The van der Waals surface area contributed by atoms with Gasteiger partial charge < -0.3 is 14.4 Å². The molecule has 2 aromatic carbocycles. The third kappa shape index (κ3) is 5.84. The van der Waals surface area contributed by atoms with E-state index in [1.165, 1.54) is 5.56 Å². The molecule has 154 valence electrons. The molecule has 0 unspecified atom stereocenters. The Balaban J connectivity index is 1.44. The zero-order chi connectivity index (χ0) is 20.5. The Labute approximate surface area is 173 Å². The van der Waals surface area contributed by atoms with Crippen LogP contribution in [-0.2, 0) is 11.2 Å². The van der Waals surface area contributed by atoms with Gasteiger partial charge in [0.15, 0.2) is 11.5 Å². The van der Waals surface area contributed by atoms with Gasteiger partial charge in [-0.05, 0) is 23.6 Å². The van der Waals surface area contributed by atoms with E-state index in [-0.39, 0.29) is 5.91 Å². The minimum absolute atomic E-state index is 0.203. The predicted molar refractivity (Wildman–Crippen MR) is 116 cm³/mol.